The Labute approximate surface area is 59.8 Å². The summed E-state index contributed by atoms with van der Waals surface area (Å²) in [4.78, 5) is 2.37. The summed E-state index contributed by atoms with van der Waals surface area (Å²) in [5.41, 5.74) is 0. The zero-order valence-electron chi connectivity index (χ0n) is 5.65. The Morgan fingerprint density at radius 2 is 2.50 bits per heavy atom. The van der Waals surface area contributed by atoms with Crippen LogP contribution in [0.4, 0.5) is 0 Å². The molecule has 1 aliphatic heterocycles. The number of hydrogen-bond acceptors (Lipinski definition) is 2. The van der Waals surface area contributed by atoms with Crippen LogP contribution in [0.5, 0.6) is 0 Å². The number of nitrogens with one attached hydrogen (secondary N) is 1. The van der Waals surface area contributed by atoms with Crippen molar-refractivity contribution in [3.63, 3.8) is 0 Å². The molecule has 0 aromatic heterocycles. The summed E-state index contributed by atoms with van der Waals surface area (Å²) in [6.07, 6.45) is 0. The molecule has 0 bridgehead atoms. The molecule has 1 heterocycles. The van der Waals surface area contributed by atoms with E-state index in [1.165, 1.54) is 6.54 Å². The van der Waals surface area contributed by atoms with E-state index < -0.39 is 0 Å². The molecule has 2 nitrogen and oxygen atoms in total. The summed E-state index contributed by atoms with van der Waals surface area (Å²) in [5.74, 6) is 0. The van der Waals surface area contributed by atoms with E-state index in [9.17, 15) is 0 Å². The van der Waals surface area contributed by atoms with Crippen LogP contribution in [0.3, 0.4) is 0 Å². The van der Waals surface area contributed by atoms with Gasteiger partial charge in [-0.05, 0) is 0 Å². The van der Waals surface area contributed by atoms with E-state index in [2.05, 4.69) is 35.0 Å². The molecule has 0 saturated carbocycles. The normalized spacial score (nSPS) is 33.1. The van der Waals surface area contributed by atoms with Crippen molar-refractivity contribution in [2.75, 3.05) is 26.7 Å². The summed E-state index contributed by atoms with van der Waals surface area (Å²) >= 11 is 2.24. The Kier molecular flexibility index (Phi) is 2.39. The summed E-state index contributed by atoms with van der Waals surface area (Å²) in [7, 11) is 2.17. The molecular weight excluding hydrogens is 95.0 g/mol. The van der Waals surface area contributed by atoms with Crippen LogP contribution >= 0.6 is 0 Å². The predicted octanol–water partition coefficient (Wildman–Crippen LogP) is -0.984. The van der Waals surface area contributed by atoms with Crippen LogP contribution in [0, 0.1) is 0 Å². The average molecular weight is 106 g/mol. The molecular formula is C5H11LiN2. The maximum absolute atomic E-state index is 3.32. The molecule has 1 rings (SSSR count). The molecule has 42 valence electrons. The van der Waals surface area contributed by atoms with E-state index >= 15 is 0 Å². The fourth-order valence-corrected chi connectivity index (χ4v) is 0.943. The Balaban J connectivity index is 2.28. The Bertz CT molecular complexity index is 66.8. The van der Waals surface area contributed by atoms with Crippen molar-refractivity contribution in [3.05, 3.63) is 0 Å². The average Bonchev–Trinajstić information content (AvgIpc) is 1.77. The Hall–Kier alpha value is 0.517. The van der Waals surface area contributed by atoms with Crippen LogP contribution in [0.2, 0.25) is 0 Å². The number of nitrogens with zero attached hydrogens (tertiary/aromatic N) is 1. The van der Waals surface area contributed by atoms with Crippen LogP contribution in [0.15, 0.2) is 0 Å². The predicted molar refractivity (Wildman–Crippen MR) is 35.0 cm³/mol. The first-order chi connectivity index (χ1) is 3.80. The van der Waals surface area contributed by atoms with Gasteiger partial charge in [0.2, 0.25) is 0 Å². The van der Waals surface area contributed by atoms with Crippen molar-refractivity contribution in [2.45, 2.75) is 4.71 Å². The minimum atomic E-state index is 0.726. The molecule has 0 spiro atoms. The molecule has 1 unspecified atom stereocenters. The quantitative estimate of drug-likeness (QED) is 0.399. The number of likely N-dealkylation sites (N-methyl/N-ethyl adjacent to an activating group) is 1. The van der Waals surface area contributed by atoms with Crippen molar-refractivity contribution in [2.24, 2.45) is 0 Å². The van der Waals surface area contributed by atoms with Crippen LogP contribution in [-0.2, 0) is 0 Å². The van der Waals surface area contributed by atoms with Crippen LogP contribution in [0.25, 0.3) is 0 Å². The molecule has 1 aliphatic rings. The first kappa shape index (κ1) is 6.63. The van der Waals surface area contributed by atoms with Gasteiger partial charge >= 0.3 is 59.3 Å². The van der Waals surface area contributed by atoms with Crippen molar-refractivity contribution in [1.29, 1.82) is 0 Å². The van der Waals surface area contributed by atoms with Gasteiger partial charge in [-0.3, -0.25) is 0 Å². The van der Waals surface area contributed by atoms with Gasteiger partial charge in [-0.15, -0.1) is 0 Å². The van der Waals surface area contributed by atoms with Gasteiger partial charge < -0.3 is 0 Å². The Morgan fingerprint density at radius 3 is 2.88 bits per heavy atom. The van der Waals surface area contributed by atoms with Crippen molar-refractivity contribution >= 4 is 17.7 Å². The molecule has 8 heavy (non-hydrogen) atoms. The molecule has 1 saturated heterocycles. The number of hydrogen-bond donors (Lipinski definition) is 1. The molecule has 0 amide bonds. The SMILES string of the molecule is [Li][CH]1CNCCN1C. The van der Waals surface area contributed by atoms with Crippen molar-refractivity contribution < 1.29 is 0 Å². The Morgan fingerprint density at radius 1 is 1.75 bits per heavy atom. The minimum absolute atomic E-state index is 0.726. The van der Waals surface area contributed by atoms with Gasteiger partial charge in [-0.1, -0.05) is 0 Å². The standard InChI is InChI=1S/C5H11N2.Li/c1-7-4-2-6-3-5-7;/h4,6H,2-3,5H2,1H3;. The third-order valence-electron chi connectivity index (χ3n) is 1.83. The summed E-state index contributed by atoms with van der Waals surface area (Å²) in [6, 6.07) is 0. The van der Waals surface area contributed by atoms with E-state index in [1.807, 2.05) is 0 Å². The number of rotatable bonds is 0. The fraction of sp³-hybridized carbons (Fsp3) is 1.00. The molecule has 3 heteroatoms. The first-order valence-corrected chi connectivity index (χ1v) is 3.21. The van der Waals surface area contributed by atoms with Gasteiger partial charge in [0.05, 0.1) is 0 Å². The summed E-state index contributed by atoms with van der Waals surface area (Å²) in [5, 5.41) is 3.32. The van der Waals surface area contributed by atoms with E-state index in [1.54, 1.807) is 0 Å². The molecule has 1 atom stereocenters. The van der Waals surface area contributed by atoms with Crippen LogP contribution in [0.1, 0.15) is 0 Å². The third-order valence-corrected chi connectivity index (χ3v) is 1.83. The van der Waals surface area contributed by atoms with E-state index in [4.69, 9.17) is 0 Å². The van der Waals surface area contributed by atoms with Gasteiger partial charge in [0, 0.05) is 0 Å². The van der Waals surface area contributed by atoms with Crippen LogP contribution in [-0.4, -0.2) is 54.0 Å². The molecule has 0 radical (unpaired) electrons. The molecule has 0 aromatic rings. The van der Waals surface area contributed by atoms with Gasteiger partial charge in [-0.2, -0.15) is 0 Å². The second kappa shape index (κ2) is 2.89. The van der Waals surface area contributed by atoms with Gasteiger partial charge in [0.15, 0.2) is 0 Å². The molecule has 0 aromatic carbocycles. The topological polar surface area (TPSA) is 15.3 Å². The van der Waals surface area contributed by atoms with E-state index in [0.29, 0.717) is 0 Å². The second-order valence-electron chi connectivity index (χ2n) is 2.53. The van der Waals surface area contributed by atoms with Gasteiger partial charge in [0.1, 0.15) is 0 Å². The number of piperazine rings is 1. The second-order valence-corrected chi connectivity index (χ2v) is 2.53. The zero-order valence-corrected chi connectivity index (χ0v) is 5.65. The molecule has 0 aliphatic carbocycles. The molecule has 1 fully saturated rings. The maximum atomic E-state index is 3.32. The van der Waals surface area contributed by atoms with Crippen LogP contribution < -0.4 is 5.32 Å². The first-order valence-electron chi connectivity index (χ1n) is 3.21. The van der Waals surface area contributed by atoms with E-state index in [0.717, 1.165) is 17.8 Å². The fourth-order valence-electron chi connectivity index (χ4n) is 0.943. The summed E-state index contributed by atoms with van der Waals surface area (Å²) in [6.45, 7) is 3.50. The van der Waals surface area contributed by atoms with Gasteiger partial charge in [0.25, 0.3) is 0 Å². The van der Waals surface area contributed by atoms with Gasteiger partial charge in [-0.25, -0.2) is 0 Å². The third kappa shape index (κ3) is 1.50. The summed E-state index contributed by atoms with van der Waals surface area (Å²) < 4.78 is 0.726. The van der Waals surface area contributed by atoms with Crippen molar-refractivity contribution in [3.8, 4) is 0 Å². The van der Waals surface area contributed by atoms with E-state index in [-0.39, 0.29) is 0 Å². The van der Waals surface area contributed by atoms with Crippen molar-refractivity contribution in [1.82, 2.24) is 10.2 Å². The molecule has 1 N–H and O–H groups in total. The monoisotopic (exact) mass is 106 g/mol. The zero-order chi connectivity index (χ0) is 5.98.